The molecule has 0 aromatic carbocycles. The topological polar surface area (TPSA) is 82.3 Å². The molecule has 1 aromatic heterocycles. The van der Waals surface area contributed by atoms with Gasteiger partial charge in [-0.05, 0) is 12.1 Å². The van der Waals surface area contributed by atoms with Crippen LogP contribution in [0.3, 0.4) is 0 Å². The van der Waals surface area contributed by atoms with Crippen molar-refractivity contribution in [3.05, 3.63) is 24.0 Å². The van der Waals surface area contributed by atoms with Crippen molar-refractivity contribution in [3.63, 3.8) is 0 Å². The number of sulfone groups is 1. The summed E-state index contributed by atoms with van der Waals surface area (Å²) in [5, 5.41) is 0. The Morgan fingerprint density at radius 2 is 2.19 bits per heavy atom. The predicted octanol–water partition coefficient (Wildman–Crippen LogP) is 0.521. The van der Waals surface area contributed by atoms with Crippen LogP contribution >= 0.6 is 0 Å². The maximum absolute atomic E-state index is 11.5. The summed E-state index contributed by atoms with van der Waals surface area (Å²) in [5.41, 5.74) is 6.38. The lowest BCUT2D eigenvalue weighted by atomic mass is 10.2. The van der Waals surface area contributed by atoms with Crippen molar-refractivity contribution in [2.45, 2.75) is 17.9 Å². The van der Waals surface area contributed by atoms with Gasteiger partial charge in [-0.15, -0.1) is 0 Å². The second kappa shape index (κ2) is 5.38. The predicted molar refractivity (Wildman–Crippen MR) is 60.8 cm³/mol. The first-order valence-corrected chi connectivity index (χ1v) is 6.59. The lowest BCUT2D eigenvalue weighted by molar-refractivity contribution is 0.179. The largest absolute Gasteiger partial charge is 0.383 e. The van der Waals surface area contributed by atoms with Gasteiger partial charge < -0.3 is 10.5 Å². The zero-order chi connectivity index (χ0) is 12.2. The maximum atomic E-state index is 11.5. The Morgan fingerprint density at radius 3 is 2.62 bits per heavy atom. The van der Waals surface area contributed by atoms with Crippen molar-refractivity contribution in [2.75, 3.05) is 19.5 Å². The molecule has 0 aliphatic heterocycles. The number of ether oxygens (including phenoxy) is 1. The van der Waals surface area contributed by atoms with Gasteiger partial charge in [-0.1, -0.05) is 6.92 Å². The van der Waals surface area contributed by atoms with E-state index in [1.54, 1.807) is 20.1 Å². The van der Waals surface area contributed by atoms with Crippen LogP contribution in [-0.4, -0.2) is 32.9 Å². The highest BCUT2D eigenvalue weighted by molar-refractivity contribution is 7.91. The number of methoxy groups -OCH3 is 1. The molecule has 0 aliphatic carbocycles. The molecule has 0 saturated heterocycles. The molecule has 0 radical (unpaired) electrons. The van der Waals surface area contributed by atoms with E-state index >= 15 is 0 Å². The second-order valence-corrected chi connectivity index (χ2v) is 5.66. The number of aromatic nitrogens is 1. The van der Waals surface area contributed by atoms with E-state index in [9.17, 15) is 8.42 Å². The molecule has 0 aliphatic rings. The Hall–Kier alpha value is -0.980. The monoisotopic (exact) mass is 244 g/mol. The molecule has 6 heteroatoms. The Kier molecular flexibility index (Phi) is 4.40. The fraction of sp³-hybridized carbons (Fsp3) is 0.500. The van der Waals surface area contributed by atoms with Crippen molar-refractivity contribution < 1.29 is 13.2 Å². The molecule has 0 fully saturated rings. The Morgan fingerprint density at radius 1 is 1.50 bits per heavy atom. The third-order valence-electron chi connectivity index (χ3n) is 2.22. The average Bonchev–Trinajstić information content (AvgIpc) is 2.29. The minimum absolute atomic E-state index is 0.0676. The van der Waals surface area contributed by atoms with Crippen LogP contribution in [0.2, 0.25) is 0 Å². The lowest BCUT2D eigenvalue weighted by Gasteiger charge is -2.10. The molecule has 90 valence electrons. The Bertz CT molecular complexity index is 428. The molecule has 0 amide bonds. The van der Waals surface area contributed by atoms with E-state index in [-0.39, 0.29) is 16.7 Å². The van der Waals surface area contributed by atoms with Gasteiger partial charge in [-0.3, -0.25) is 4.98 Å². The summed E-state index contributed by atoms with van der Waals surface area (Å²) in [6, 6.07) is 2.81. The molecule has 2 N–H and O–H groups in total. The van der Waals surface area contributed by atoms with E-state index in [1.165, 1.54) is 12.3 Å². The zero-order valence-electron chi connectivity index (χ0n) is 9.38. The van der Waals surface area contributed by atoms with Crippen LogP contribution in [0.15, 0.2) is 23.2 Å². The minimum Gasteiger partial charge on any atom is -0.383 e. The van der Waals surface area contributed by atoms with Crippen molar-refractivity contribution in [3.8, 4) is 0 Å². The highest BCUT2D eigenvalue weighted by Gasteiger charge is 2.13. The Balaban J connectivity index is 2.91. The van der Waals surface area contributed by atoms with Gasteiger partial charge in [0.25, 0.3) is 0 Å². The van der Waals surface area contributed by atoms with E-state index < -0.39 is 9.84 Å². The van der Waals surface area contributed by atoms with Crippen LogP contribution < -0.4 is 5.73 Å². The zero-order valence-corrected chi connectivity index (χ0v) is 10.2. The normalized spacial score (nSPS) is 13.7. The molecular weight excluding hydrogens is 228 g/mol. The van der Waals surface area contributed by atoms with Gasteiger partial charge in [0, 0.05) is 13.3 Å². The molecular formula is C10H16N2O3S. The first kappa shape index (κ1) is 13.1. The number of pyridine rings is 1. The highest BCUT2D eigenvalue weighted by Crippen LogP contribution is 2.13. The summed E-state index contributed by atoms with van der Waals surface area (Å²) in [5.74, 6) is 0.0676. The first-order valence-electron chi connectivity index (χ1n) is 4.94. The standard InChI is InChI=1S/C10H16N2O3S/c1-3-16(13,14)8-4-5-10(12-6-8)9(11)7-15-2/h4-6,9H,3,7,11H2,1-2H3. The van der Waals surface area contributed by atoms with E-state index in [0.29, 0.717) is 12.3 Å². The number of nitrogens with zero attached hydrogens (tertiary/aromatic N) is 1. The van der Waals surface area contributed by atoms with Crippen LogP contribution in [0, 0.1) is 0 Å². The maximum Gasteiger partial charge on any atom is 0.179 e. The van der Waals surface area contributed by atoms with Crippen LogP contribution in [0.25, 0.3) is 0 Å². The summed E-state index contributed by atoms with van der Waals surface area (Å²) in [7, 11) is -1.64. The summed E-state index contributed by atoms with van der Waals surface area (Å²) in [6.45, 7) is 1.95. The van der Waals surface area contributed by atoms with Gasteiger partial charge in [0.15, 0.2) is 9.84 Å². The molecule has 1 rings (SSSR count). The number of hydrogen-bond donors (Lipinski definition) is 1. The molecule has 1 atom stereocenters. The smallest absolute Gasteiger partial charge is 0.179 e. The number of hydrogen-bond acceptors (Lipinski definition) is 5. The van der Waals surface area contributed by atoms with Gasteiger partial charge >= 0.3 is 0 Å². The van der Waals surface area contributed by atoms with Gasteiger partial charge in [0.1, 0.15) is 0 Å². The van der Waals surface area contributed by atoms with Crippen molar-refractivity contribution >= 4 is 9.84 Å². The van der Waals surface area contributed by atoms with Crippen LogP contribution in [0.5, 0.6) is 0 Å². The van der Waals surface area contributed by atoms with Crippen molar-refractivity contribution in [1.29, 1.82) is 0 Å². The molecule has 1 heterocycles. The van der Waals surface area contributed by atoms with Gasteiger partial charge in [0.2, 0.25) is 0 Å². The van der Waals surface area contributed by atoms with Crippen molar-refractivity contribution in [2.24, 2.45) is 5.73 Å². The molecule has 5 nitrogen and oxygen atoms in total. The van der Waals surface area contributed by atoms with Crippen LogP contribution in [-0.2, 0) is 14.6 Å². The molecule has 0 bridgehead atoms. The van der Waals surface area contributed by atoms with Crippen LogP contribution in [0.4, 0.5) is 0 Å². The third-order valence-corrected chi connectivity index (χ3v) is 3.94. The summed E-state index contributed by atoms with van der Waals surface area (Å²) >= 11 is 0. The Labute approximate surface area is 95.6 Å². The lowest BCUT2D eigenvalue weighted by Crippen LogP contribution is -2.17. The van der Waals surface area contributed by atoms with E-state index in [4.69, 9.17) is 10.5 Å². The molecule has 0 spiro atoms. The molecule has 16 heavy (non-hydrogen) atoms. The molecule has 1 aromatic rings. The van der Waals surface area contributed by atoms with Gasteiger partial charge in [-0.25, -0.2) is 8.42 Å². The molecule has 1 unspecified atom stereocenters. The molecule has 0 saturated carbocycles. The number of nitrogens with two attached hydrogens (primary N) is 1. The quantitative estimate of drug-likeness (QED) is 0.816. The van der Waals surface area contributed by atoms with E-state index in [2.05, 4.69) is 4.98 Å². The first-order chi connectivity index (χ1) is 7.51. The number of rotatable bonds is 5. The van der Waals surface area contributed by atoms with Crippen LogP contribution in [0.1, 0.15) is 18.7 Å². The fourth-order valence-electron chi connectivity index (χ4n) is 1.23. The van der Waals surface area contributed by atoms with Gasteiger partial charge in [0.05, 0.1) is 29.0 Å². The third kappa shape index (κ3) is 3.01. The average molecular weight is 244 g/mol. The fourth-order valence-corrected chi connectivity index (χ4v) is 2.05. The summed E-state index contributed by atoms with van der Waals surface area (Å²) in [6.07, 6.45) is 1.34. The van der Waals surface area contributed by atoms with E-state index in [0.717, 1.165) is 0 Å². The summed E-state index contributed by atoms with van der Waals surface area (Å²) < 4.78 is 27.9. The second-order valence-electron chi connectivity index (χ2n) is 3.38. The SMILES string of the molecule is CCS(=O)(=O)c1ccc(C(N)COC)nc1. The van der Waals surface area contributed by atoms with Crippen molar-refractivity contribution in [1.82, 2.24) is 4.98 Å². The van der Waals surface area contributed by atoms with E-state index in [1.807, 2.05) is 0 Å². The minimum atomic E-state index is -3.19. The summed E-state index contributed by atoms with van der Waals surface area (Å²) in [4.78, 5) is 4.25. The van der Waals surface area contributed by atoms with Gasteiger partial charge in [-0.2, -0.15) is 0 Å². The highest BCUT2D eigenvalue weighted by atomic mass is 32.2.